The molecular formula is C23H39N5O5. The maximum Gasteiger partial charge on any atom is 0.408 e. The van der Waals surface area contributed by atoms with Crippen molar-refractivity contribution in [3.05, 3.63) is 12.7 Å². The maximum atomic E-state index is 13.6. The van der Waals surface area contributed by atoms with Gasteiger partial charge in [-0.25, -0.2) is 10.6 Å². The summed E-state index contributed by atoms with van der Waals surface area (Å²) < 4.78 is 5.34. The molecule has 0 spiro atoms. The van der Waals surface area contributed by atoms with Gasteiger partial charge in [0.15, 0.2) is 0 Å². The van der Waals surface area contributed by atoms with Crippen LogP contribution in [0.1, 0.15) is 61.3 Å². The Kier molecular flexibility index (Phi) is 7.52. The fourth-order valence-electron chi connectivity index (χ4n) is 4.24. The molecule has 0 aromatic rings. The molecule has 10 heteroatoms. The number of carbonyl (C=O) groups is 4. The van der Waals surface area contributed by atoms with E-state index < -0.39 is 46.5 Å². The summed E-state index contributed by atoms with van der Waals surface area (Å²) in [6.45, 7) is 16.7. The Hall–Kier alpha value is -2.62. The minimum absolute atomic E-state index is 0.0699. The van der Waals surface area contributed by atoms with Gasteiger partial charge in [-0.2, -0.15) is 0 Å². The molecule has 4 amide bonds. The third kappa shape index (κ3) is 6.04. The summed E-state index contributed by atoms with van der Waals surface area (Å²) in [6, 6.07) is -1.68. The second-order valence-corrected chi connectivity index (χ2v) is 11.3. The summed E-state index contributed by atoms with van der Waals surface area (Å²) in [5.41, 5.74) is -0.392. The molecule has 0 aromatic heterocycles. The van der Waals surface area contributed by atoms with E-state index in [-0.39, 0.29) is 17.7 Å². The van der Waals surface area contributed by atoms with Gasteiger partial charge in [0, 0.05) is 12.5 Å². The first-order valence-corrected chi connectivity index (χ1v) is 11.3. The van der Waals surface area contributed by atoms with Crippen LogP contribution in [0.15, 0.2) is 12.7 Å². The van der Waals surface area contributed by atoms with Gasteiger partial charge in [-0.1, -0.05) is 33.8 Å². The molecule has 1 aliphatic heterocycles. The fraction of sp³-hybridized carbons (Fsp3) is 0.739. The average molecular weight is 466 g/mol. The van der Waals surface area contributed by atoms with Crippen molar-refractivity contribution in [1.82, 2.24) is 21.0 Å². The van der Waals surface area contributed by atoms with E-state index in [0.717, 1.165) is 0 Å². The Bertz CT molecular complexity index is 815. The van der Waals surface area contributed by atoms with Crippen LogP contribution in [0.2, 0.25) is 0 Å². The first-order chi connectivity index (χ1) is 15.1. The molecule has 10 nitrogen and oxygen atoms in total. The summed E-state index contributed by atoms with van der Waals surface area (Å²) >= 11 is 0. The molecule has 0 bridgehead atoms. The van der Waals surface area contributed by atoms with Crippen LogP contribution in [0.3, 0.4) is 0 Å². The van der Waals surface area contributed by atoms with E-state index in [1.165, 1.54) is 4.90 Å². The molecule has 1 saturated heterocycles. The van der Waals surface area contributed by atoms with Crippen molar-refractivity contribution in [1.29, 1.82) is 0 Å². The maximum absolute atomic E-state index is 13.6. The highest BCUT2D eigenvalue weighted by Crippen LogP contribution is 2.45. The van der Waals surface area contributed by atoms with Crippen molar-refractivity contribution in [3.63, 3.8) is 0 Å². The topological polar surface area (TPSA) is 143 Å². The van der Waals surface area contributed by atoms with E-state index in [9.17, 15) is 19.2 Å². The van der Waals surface area contributed by atoms with Gasteiger partial charge in [-0.3, -0.25) is 19.8 Å². The number of alkyl carbamates (subject to hydrolysis) is 1. The van der Waals surface area contributed by atoms with E-state index in [1.54, 1.807) is 26.8 Å². The molecule has 0 unspecified atom stereocenters. The van der Waals surface area contributed by atoms with Gasteiger partial charge in [-0.15, -0.1) is 6.58 Å². The largest absolute Gasteiger partial charge is 0.444 e. The van der Waals surface area contributed by atoms with Crippen LogP contribution >= 0.6 is 0 Å². The summed E-state index contributed by atoms with van der Waals surface area (Å²) in [4.78, 5) is 53.1. The lowest BCUT2D eigenvalue weighted by Gasteiger charge is -2.36. The number of nitrogens with two attached hydrogens (primary N) is 1. The first kappa shape index (κ1) is 26.6. The smallest absolute Gasteiger partial charge is 0.408 e. The number of likely N-dealkylation sites (tertiary alicyclic amines) is 1. The standard InChI is InChI=1S/C23H39N5O5/c1-9-14-11-23(14,19(31)27-24)26-17(29)15-10-13(2)12-28(15)18(30)16(21(3,4)5)25-20(32)33-22(6,7)8/h9,13-16H,1,10-12,24H2,2-8H3,(H,25,32)(H,26,29)(H,27,31)/t13-,14-,15+,16-,23-/m1/s1. The second-order valence-electron chi connectivity index (χ2n) is 11.3. The van der Waals surface area contributed by atoms with Crippen LogP contribution in [-0.2, 0) is 19.1 Å². The predicted molar refractivity (Wildman–Crippen MR) is 123 cm³/mol. The number of hydrazine groups is 1. The number of nitrogens with one attached hydrogen (secondary N) is 3. The summed E-state index contributed by atoms with van der Waals surface area (Å²) in [7, 11) is 0. The first-order valence-electron chi connectivity index (χ1n) is 11.3. The Morgan fingerprint density at radius 2 is 1.79 bits per heavy atom. The van der Waals surface area contributed by atoms with Crippen LogP contribution in [0, 0.1) is 17.3 Å². The SMILES string of the molecule is C=C[C@@H]1C[C@]1(NC(=O)[C@@H]1C[C@@H](C)CN1C(=O)[C@@H](NC(=O)OC(C)(C)C)C(C)(C)C)C(=O)NN. The predicted octanol–water partition coefficient (Wildman–Crippen LogP) is 1.21. The van der Waals surface area contributed by atoms with Crippen molar-refractivity contribution < 1.29 is 23.9 Å². The molecule has 33 heavy (non-hydrogen) atoms. The summed E-state index contributed by atoms with van der Waals surface area (Å²) in [6.07, 6.45) is 1.75. The Labute approximate surface area is 196 Å². The third-order valence-electron chi connectivity index (χ3n) is 6.05. The molecular weight excluding hydrogens is 426 g/mol. The summed E-state index contributed by atoms with van der Waals surface area (Å²) in [5, 5.41) is 5.50. The van der Waals surface area contributed by atoms with E-state index in [1.807, 2.05) is 27.7 Å². The number of carbonyl (C=O) groups excluding carboxylic acids is 4. The number of hydrogen-bond donors (Lipinski definition) is 4. The van der Waals surface area contributed by atoms with Gasteiger partial charge in [0.1, 0.15) is 23.2 Å². The molecule has 0 aromatic carbocycles. The Balaban J connectivity index is 2.23. The van der Waals surface area contributed by atoms with E-state index in [0.29, 0.717) is 19.4 Å². The van der Waals surface area contributed by atoms with Crippen molar-refractivity contribution in [3.8, 4) is 0 Å². The van der Waals surface area contributed by atoms with Crippen LogP contribution in [-0.4, -0.2) is 58.5 Å². The van der Waals surface area contributed by atoms with Crippen LogP contribution in [0.25, 0.3) is 0 Å². The van der Waals surface area contributed by atoms with Crippen LogP contribution < -0.4 is 21.9 Å². The lowest BCUT2D eigenvalue weighted by atomic mass is 9.85. The third-order valence-corrected chi connectivity index (χ3v) is 6.05. The van der Waals surface area contributed by atoms with Gasteiger partial charge in [0.05, 0.1) is 0 Å². The highest BCUT2D eigenvalue weighted by molar-refractivity contribution is 5.98. The highest BCUT2D eigenvalue weighted by atomic mass is 16.6. The molecule has 2 rings (SSSR count). The molecule has 1 heterocycles. The van der Waals surface area contributed by atoms with Crippen molar-refractivity contribution in [2.24, 2.45) is 23.1 Å². The monoisotopic (exact) mass is 465 g/mol. The molecule has 1 saturated carbocycles. The van der Waals surface area contributed by atoms with Crippen LogP contribution in [0.5, 0.6) is 0 Å². The van der Waals surface area contributed by atoms with Crippen molar-refractivity contribution in [2.75, 3.05) is 6.54 Å². The molecule has 2 fully saturated rings. The van der Waals surface area contributed by atoms with Gasteiger partial charge < -0.3 is 20.3 Å². The molecule has 2 aliphatic rings. The highest BCUT2D eigenvalue weighted by Gasteiger charge is 2.60. The molecule has 186 valence electrons. The Morgan fingerprint density at radius 3 is 2.24 bits per heavy atom. The van der Waals surface area contributed by atoms with Gasteiger partial charge in [-0.05, 0) is 44.9 Å². The zero-order valence-electron chi connectivity index (χ0n) is 20.8. The normalized spacial score (nSPS) is 27.9. The van der Waals surface area contributed by atoms with Gasteiger partial charge in [0.2, 0.25) is 11.8 Å². The number of amides is 4. The number of nitrogens with zero attached hydrogens (tertiary/aromatic N) is 1. The fourth-order valence-corrected chi connectivity index (χ4v) is 4.24. The van der Waals surface area contributed by atoms with Crippen molar-refractivity contribution >= 4 is 23.8 Å². The Morgan fingerprint density at radius 1 is 1.18 bits per heavy atom. The molecule has 1 aliphatic carbocycles. The molecule has 0 radical (unpaired) electrons. The zero-order valence-corrected chi connectivity index (χ0v) is 20.8. The van der Waals surface area contributed by atoms with Gasteiger partial charge >= 0.3 is 6.09 Å². The lowest BCUT2D eigenvalue weighted by molar-refractivity contribution is -0.143. The number of hydrogen-bond acceptors (Lipinski definition) is 6. The molecule has 5 N–H and O–H groups in total. The minimum atomic E-state index is -1.15. The quantitative estimate of drug-likeness (QED) is 0.201. The second kappa shape index (κ2) is 9.32. The summed E-state index contributed by atoms with van der Waals surface area (Å²) in [5.74, 6) is 3.86. The van der Waals surface area contributed by atoms with Crippen molar-refractivity contribution in [2.45, 2.75) is 84.5 Å². The van der Waals surface area contributed by atoms with E-state index in [4.69, 9.17) is 10.6 Å². The van der Waals surface area contributed by atoms with Gasteiger partial charge in [0.25, 0.3) is 5.91 Å². The van der Waals surface area contributed by atoms with Crippen LogP contribution in [0.4, 0.5) is 4.79 Å². The molecule has 5 atom stereocenters. The zero-order chi connectivity index (χ0) is 25.4. The average Bonchev–Trinajstić information content (AvgIpc) is 3.25. The van der Waals surface area contributed by atoms with E-state index >= 15 is 0 Å². The minimum Gasteiger partial charge on any atom is -0.444 e. The number of rotatable bonds is 6. The number of ether oxygens (including phenoxy) is 1. The van der Waals surface area contributed by atoms with E-state index in [2.05, 4.69) is 22.6 Å². The lowest BCUT2D eigenvalue weighted by Crippen LogP contribution is -2.60.